The van der Waals surface area contributed by atoms with Gasteiger partial charge in [-0.05, 0) is 31.4 Å². The van der Waals surface area contributed by atoms with Gasteiger partial charge in [-0.15, -0.1) is 0 Å². The lowest BCUT2D eigenvalue weighted by atomic mass is 10.00. The fraction of sp³-hybridized carbons (Fsp3) is 0.533. The molecule has 0 amide bonds. The van der Waals surface area contributed by atoms with E-state index in [1.807, 2.05) is 13.0 Å². The van der Waals surface area contributed by atoms with Gasteiger partial charge < -0.3 is 9.64 Å². The summed E-state index contributed by atoms with van der Waals surface area (Å²) in [5, 5.41) is 0.723. The molecule has 4 heteroatoms. The molecule has 2 unspecified atom stereocenters. The Kier molecular flexibility index (Phi) is 3.17. The number of carbonyl (C=O) groups is 1. The lowest BCUT2D eigenvalue weighted by molar-refractivity contribution is -0.120. The molecule has 3 nitrogen and oxygen atoms in total. The van der Waals surface area contributed by atoms with E-state index in [2.05, 4.69) is 11.0 Å². The normalized spacial score (nSPS) is 25.8. The third-order valence-electron chi connectivity index (χ3n) is 4.28. The van der Waals surface area contributed by atoms with Crippen LogP contribution in [-0.2, 0) is 4.79 Å². The number of ether oxygens (including phenoxy) is 1. The summed E-state index contributed by atoms with van der Waals surface area (Å²) in [6, 6.07) is 4.63. The van der Waals surface area contributed by atoms with Crippen LogP contribution in [0.25, 0.3) is 0 Å². The number of Topliss-reactive ketones (excluding diaryl/α,β-unsaturated/α-hetero) is 1. The molecule has 0 radical (unpaired) electrons. The summed E-state index contributed by atoms with van der Waals surface area (Å²) in [4.78, 5) is 14.1. The summed E-state index contributed by atoms with van der Waals surface area (Å²) in [7, 11) is 1.67. The minimum absolute atomic E-state index is 0.334. The predicted molar refractivity (Wildman–Crippen MR) is 76.3 cm³/mol. The summed E-state index contributed by atoms with van der Waals surface area (Å²) >= 11 is 6.16. The maximum Gasteiger partial charge on any atom is 0.143 e. The number of methoxy groups -OCH3 is 1. The molecule has 2 saturated heterocycles. The molecular weight excluding hydrogens is 262 g/mol. The van der Waals surface area contributed by atoms with E-state index in [4.69, 9.17) is 16.3 Å². The summed E-state index contributed by atoms with van der Waals surface area (Å²) in [5.41, 5.74) is 2.14. The van der Waals surface area contributed by atoms with E-state index >= 15 is 0 Å². The number of aryl methyl sites for hydroxylation is 1. The Balaban J connectivity index is 2.03. The van der Waals surface area contributed by atoms with Crippen molar-refractivity contribution in [2.75, 3.05) is 12.0 Å². The highest BCUT2D eigenvalue weighted by Gasteiger charge is 2.41. The fourth-order valence-electron chi connectivity index (χ4n) is 3.38. The number of hydrogen-bond acceptors (Lipinski definition) is 3. The predicted octanol–water partition coefficient (Wildman–Crippen LogP) is 3.36. The van der Waals surface area contributed by atoms with Crippen LogP contribution in [0.3, 0.4) is 0 Å². The zero-order valence-corrected chi connectivity index (χ0v) is 12.0. The average Bonchev–Trinajstić information content (AvgIpc) is 2.64. The monoisotopic (exact) mass is 279 g/mol. The molecule has 2 bridgehead atoms. The van der Waals surface area contributed by atoms with Crippen LogP contribution in [-0.4, -0.2) is 25.0 Å². The Bertz CT molecular complexity index is 513. The number of hydrogen-bond donors (Lipinski definition) is 0. The first-order valence-corrected chi connectivity index (χ1v) is 7.12. The number of ketones is 1. The molecule has 102 valence electrons. The highest BCUT2D eigenvalue weighted by molar-refractivity contribution is 6.31. The minimum Gasteiger partial charge on any atom is -0.495 e. The Morgan fingerprint density at radius 3 is 2.47 bits per heavy atom. The fourth-order valence-corrected chi connectivity index (χ4v) is 3.53. The summed E-state index contributed by atoms with van der Waals surface area (Å²) < 4.78 is 5.47. The first-order chi connectivity index (χ1) is 9.10. The standard InChI is InChI=1S/C15H18ClNO2/c1-9-5-14(15(19-2)8-13(9)16)17-10-3-4-11(17)7-12(18)6-10/h5,8,10-11H,3-4,6-7H2,1-2H3. The number of rotatable bonds is 2. The average molecular weight is 280 g/mol. The number of piperidine rings is 1. The first kappa shape index (κ1) is 12.8. The van der Waals surface area contributed by atoms with E-state index in [-0.39, 0.29) is 0 Å². The Labute approximate surface area is 118 Å². The second-order valence-electron chi connectivity index (χ2n) is 5.51. The van der Waals surface area contributed by atoms with Crippen molar-refractivity contribution in [1.29, 1.82) is 0 Å². The molecular formula is C15H18ClNO2. The summed E-state index contributed by atoms with van der Waals surface area (Å²) in [6.45, 7) is 2.00. The van der Waals surface area contributed by atoms with Crippen LogP contribution in [0.1, 0.15) is 31.2 Å². The number of nitrogens with zero attached hydrogens (tertiary/aromatic N) is 1. The Hall–Kier alpha value is -1.22. The van der Waals surface area contributed by atoms with Crippen LogP contribution in [0.5, 0.6) is 5.75 Å². The SMILES string of the molecule is COc1cc(Cl)c(C)cc1N1C2CCC1CC(=O)C2. The van der Waals surface area contributed by atoms with Gasteiger partial charge in [-0.25, -0.2) is 0 Å². The van der Waals surface area contributed by atoms with Crippen LogP contribution in [0.2, 0.25) is 5.02 Å². The van der Waals surface area contributed by atoms with Crippen molar-refractivity contribution in [1.82, 2.24) is 0 Å². The van der Waals surface area contributed by atoms with E-state index in [9.17, 15) is 4.79 Å². The number of halogens is 1. The zero-order valence-electron chi connectivity index (χ0n) is 11.3. The lowest BCUT2D eigenvalue weighted by Gasteiger charge is -2.37. The molecule has 0 aliphatic carbocycles. The molecule has 2 atom stereocenters. The van der Waals surface area contributed by atoms with Gasteiger partial charge in [0.05, 0.1) is 12.8 Å². The van der Waals surface area contributed by atoms with Crippen molar-refractivity contribution < 1.29 is 9.53 Å². The molecule has 0 saturated carbocycles. The molecule has 2 fully saturated rings. The third kappa shape index (κ3) is 2.10. The van der Waals surface area contributed by atoms with Crippen LogP contribution >= 0.6 is 11.6 Å². The van der Waals surface area contributed by atoms with Gasteiger partial charge in [0.25, 0.3) is 0 Å². The van der Waals surface area contributed by atoms with Crippen LogP contribution in [0, 0.1) is 6.92 Å². The van der Waals surface area contributed by atoms with Gasteiger partial charge >= 0.3 is 0 Å². The molecule has 0 N–H and O–H groups in total. The van der Waals surface area contributed by atoms with E-state index in [0.29, 0.717) is 30.7 Å². The molecule has 1 aromatic carbocycles. The van der Waals surface area contributed by atoms with E-state index < -0.39 is 0 Å². The maximum atomic E-state index is 11.7. The minimum atomic E-state index is 0.334. The van der Waals surface area contributed by atoms with Crippen LogP contribution in [0.4, 0.5) is 5.69 Å². The second kappa shape index (κ2) is 4.71. The van der Waals surface area contributed by atoms with Gasteiger partial charge in [0.1, 0.15) is 11.5 Å². The molecule has 19 heavy (non-hydrogen) atoms. The van der Waals surface area contributed by atoms with Crippen molar-refractivity contribution in [3.63, 3.8) is 0 Å². The second-order valence-corrected chi connectivity index (χ2v) is 5.92. The van der Waals surface area contributed by atoms with Crippen molar-refractivity contribution in [3.05, 3.63) is 22.7 Å². The highest BCUT2D eigenvalue weighted by Crippen LogP contribution is 2.43. The molecule has 2 aliphatic rings. The van der Waals surface area contributed by atoms with Gasteiger partial charge in [0, 0.05) is 36.0 Å². The topological polar surface area (TPSA) is 29.5 Å². The van der Waals surface area contributed by atoms with Gasteiger partial charge in [-0.2, -0.15) is 0 Å². The zero-order chi connectivity index (χ0) is 13.6. The number of fused-ring (bicyclic) bond motifs is 2. The van der Waals surface area contributed by atoms with Crippen molar-refractivity contribution in [3.8, 4) is 5.75 Å². The summed E-state index contributed by atoms with van der Waals surface area (Å²) in [5.74, 6) is 1.20. The van der Waals surface area contributed by atoms with Gasteiger partial charge in [0.2, 0.25) is 0 Å². The van der Waals surface area contributed by atoms with Crippen LogP contribution < -0.4 is 9.64 Å². The number of carbonyl (C=O) groups excluding carboxylic acids is 1. The molecule has 2 heterocycles. The van der Waals surface area contributed by atoms with E-state index in [1.54, 1.807) is 7.11 Å². The molecule has 0 aromatic heterocycles. The van der Waals surface area contributed by atoms with Gasteiger partial charge in [-0.1, -0.05) is 11.6 Å². The Morgan fingerprint density at radius 1 is 1.26 bits per heavy atom. The summed E-state index contributed by atoms with van der Waals surface area (Å²) in [6.07, 6.45) is 3.53. The Morgan fingerprint density at radius 2 is 1.89 bits per heavy atom. The maximum absolute atomic E-state index is 11.7. The van der Waals surface area contributed by atoms with Gasteiger partial charge in [0.15, 0.2) is 0 Å². The quantitative estimate of drug-likeness (QED) is 0.831. The van der Waals surface area contributed by atoms with Crippen molar-refractivity contribution in [2.24, 2.45) is 0 Å². The highest BCUT2D eigenvalue weighted by atomic mass is 35.5. The first-order valence-electron chi connectivity index (χ1n) is 6.74. The van der Waals surface area contributed by atoms with Gasteiger partial charge in [-0.3, -0.25) is 4.79 Å². The largest absolute Gasteiger partial charge is 0.495 e. The van der Waals surface area contributed by atoms with E-state index in [0.717, 1.165) is 34.9 Å². The van der Waals surface area contributed by atoms with Crippen molar-refractivity contribution in [2.45, 2.75) is 44.7 Å². The number of anilines is 1. The molecule has 0 spiro atoms. The molecule has 3 rings (SSSR count). The van der Waals surface area contributed by atoms with E-state index in [1.165, 1.54) is 0 Å². The van der Waals surface area contributed by atoms with Crippen molar-refractivity contribution >= 4 is 23.1 Å². The molecule has 1 aromatic rings. The third-order valence-corrected chi connectivity index (χ3v) is 4.69. The van der Waals surface area contributed by atoms with Crippen LogP contribution in [0.15, 0.2) is 12.1 Å². The lowest BCUT2D eigenvalue weighted by Crippen LogP contribution is -2.43. The smallest absolute Gasteiger partial charge is 0.143 e. The number of benzene rings is 1. The molecule has 2 aliphatic heterocycles.